The predicted octanol–water partition coefficient (Wildman–Crippen LogP) is 2.93. The molecule has 0 fully saturated rings. The maximum absolute atomic E-state index is 9.98. The largest absolute Gasteiger partial charge is 0.388 e. The molecule has 1 aromatic rings. The monoisotopic (exact) mass is 176 g/mol. The van der Waals surface area contributed by atoms with E-state index in [-0.39, 0.29) is 5.41 Å². The van der Waals surface area contributed by atoms with Crippen LogP contribution in [0.5, 0.6) is 0 Å². The molecule has 0 aliphatic heterocycles. The van der Waals surface area contributed by atoms with Crippen LogP contribution in [0, 0.1) is 5.41 Å². The summed E-state index contributed by atoms with van der Waals surface area (Å²) in [5, 5.41) is 9.98. The molecule has 13 heavy (non-hydrogen) atoms. The van der Waals surface area contributed by atoms with Crippen LogP contribution in [0.4, 0.5) is 0 Å². The van der Waals surface area contributed by atoms with E-state index in [0.29, 0.717) is 0 Å². The van der Waals surface area contributed by atoms with Gasteiger partial charge in [-0.25, -0.2) is 0 Å². The fraction of sp³-hybridized carbons (Fsp3) is 0.333. The van der Waals surface area contributed by atoms with Crippen molar-refractivity contribution in [3.8, 4) is 0 Å². The van der Waals surface area contributed by atoms with Crippen molar-refractivity contribution in [1.29, 1.82) is 0 Å². The Morgan fingerprint density at radius 1 is 1.31 bits per heavy atom. The van der Waals surface area contributed by atoms with E-state index < -0.39 is 6.10 Å². The molecular weight excluding hydrogens is 160 g/mol. The van der Waals surface area contributed by atoms with Gasteiger partial charge in [0.1, 0.15) is 0 Å². The van der Waals surface area contributed by atoms with Crippen molar-refractivity contribution in [2.24, 2.45) is 5.41 Å². The number of benzene rings is 1. The molecule has 0 saturated carbocycles. The van der Waals surface area contributed by atoms with Gasteiger partial charge >= 0.3 is 0 Å². The summed E-state index contributed by atoms with van der Waals surface area (Å²) in [6, 6.07) is 9.65. The third kappa shape index (κ3) is 2.19. The molecule has 1 rings (SSSR count). The molecule has 70 valence electrons. The Hall–Kier alpha value is -1.08. The molecule has 0 aromatic heterocycles. The molecule has 1 N–H and O–H groups in total. The van der Waals surface area contributed by atoms with Crippen molar-refractivity contribution in [3.63, 3.8) is 0 Å². The van der Waals surface area contributed by atoms with Crippen molar-refractivity contribution in [2.45, 2.75) is 20.0 Å². The molecule has 0 saturated heterocycles. The minimum absolute atomic E-state index is 0.276. The highest BCUT2D eigenvalue weighted by atomic mass is 16.3. The van der Waals surface area contributed by atoms with Crippen molar-refractivity contribution >= 4 is 0 Å². The van der Waals surface area contributed by atoms with Gasteiger partial charge < -0.3 is 5.11 Å². The average Bonchev–Trinajstić information content (AvgIpc) is 2.18. The molecular formula is C12H16O. The average molecular weight is 176 g/mol. The van der Waals surface area contributed by atoms with Gasteiger partial charge in [-0.05, 0) is 5.56 Å². The minimum atomic E-state index is -0.480. The molecule has 0 aliphatic carbocycles. The highest BCUT2D eigenvalue weighted by Crippen LogP contribution is 2.33. The molecule has 0 bridgehead atoms. The third-order valence-electron chi connectivity index (χ3n) is 2.35. The summed E-state index contributed by atoms with van der Waals surface area (Å²) in [5.74, 6) is 0. The van der Waals surface area contributed by atoms with Gasteiger partial charge in [0.25, 0.3) is 0 Å². The lowest BCUT2D eigenvalue weighted by molar-refractivity contribution is 0.0822. The number of rotatable bonds is 3. The zero-order valence-electron chi connectivity index (χ0n) is 8.20. The van der Waals surface area contributed by atoms with Crippen molar-refractivity contribution in [1.82, 2.24) is 0 Å². The Kier molecular flexibility index (Phi) is 2.89. The van der Waals surface area contributed by atoms with E-state index >= 15 is 0 Å². The van der Waals surface area contributed by atoms with Gasteiger partial charge in [0.05, 0.1) is 6.10 Å². The molecule has 0 aliphatic rings. The summed E-state index contributed by atoms with van der Waals surface area (Å²) >= 11 is 0. The van der Waals surface area contributed by atoms with E-state index in [0.717, 1.165) is 5.56 Å². The number of hydrogen-bond donors (Lipinski definition) is 1. The van der Waals surface area contributed by atoms with Crippen LogP contribution in [-0.2, 0) is 0 Å². The summed E-state index contributed by atoms with van der Waals surface area (Å²) in [4.78, 5) is 0. The van der Waals surface area contributed by atoms with Crippen LogP contribution in [0.1, 0.15) is 25.5 Å². The normalized spacial score (nSPS) is 13.8. The second-order valence-electron chi connectivity index (χ2n) is 3.84. The van der Waals surface area contributed by atoms with Gasteiger partial charge in [-0.3, -0.25) is 0 Å². The van der Waals surface area contributed by atoms with Crippen LogP contribution in [-0.4, -0.2) is 5.11 Å². The van der Waals surface area contributed by atoms with E-state index in [1.807, 2.05) is 44.2 Å². The first kappa shape index (κ1) is 10.0. The standard InChI is InChI=1S/C12H16O/c1-4-12(2,3)11(13)10-8-6-5-7-9-10/h4-9,11,13H,1H2,2-3H3. The number of hydrogen-bond acceptors (Lipinski definition) is 1. The van der Waals surface area contributed by atoms with Crippen LogP contribution in [0.15, 0.2) is 43.0 Å². The number of aliphatic hydroxyl groups is 1. The van der Waals surface area contributed by atoms with E-state index in [1.54, 1.807) is 6.08 Å². The summed E-state index contributed by atoms with van der Waals surface area (Å²) in [5.41, 5.74) is 0.661. The van der Waals surface area contributed by atoms with Gasteiger partial charge in [0.15, 0.2) is 0 Å². The zero-order valence-corrected chi connectivity index (χ0v) is 8.20. The smallest absolute Gasteiger partial charge is 0.0875 e. The van der Waals surface area contributed by atoms with Crippen LogP contribution < -0.4 is 0 Å². The minimum Gasteiger partial charge on any atom is -0.388 e. The highest BCUT2D eigenvalue weighted by Gasteiger charge is 2.25. The maximum Gasteiger partial charge on any atom is 0.0875 e. The molecule has 0 amide bonds. The van der Waals surface area contributed by atoms with E-state index in [2.05, 4.69) is 6.58 Å². The van der Waals surface area contributed by atoms with Crippen molar-refractivity contribution in [3.05, 3.63) is 48.6 Å². The van der Waals surface area contributed by atoms with Crippen LogP contribution in [0.25, 0.3) is 0 Å². The molecule has 0 radical (unpaired) electrons. The second kappa shape index (κ2) is 3.75. The molecule has 0 heterocycles. The predicted molar refractivity (Wildman–Crippen MR) is 55.4 cm³/mol. The fourth-order valence-corrected chi connectivity index (χ4v) is 1.18. The van der Waals surface area contributed by atoms with Crippen LogP contribution in [0.2, 0.25) is 0 Å². The molecule has 1 atom stereocenters. The third-order valence-corrected chi connectivity index (χ3v) is 2.35. The molecule has 1 heteroatoms. The second-order valence-corrected chi connectivity index (χ2v) is 3.84. The van der Waals surface area contributed by atoms with E-state index in [4.69, 9.17) is 0 Å². The molecule has 1 unspecified atom stereocenters. The summed E-state index contributed by atoms with van der Waals surface area (Å²) in [6.07, 6.45) is 1.30. The Bertz CT molecular complexity index is 274. The number of aliphatic hydroxyl groups excluding tert-OH is 1. The lowest BCUT2D eigenvalue weighted by Crippen LogP contribution is -2.18. The highest BCUT2D eigenvalue weighted by molar-refractivity contribution is 5.20. The Balaban J connectivity index is 2.91. The SMILES string of the molecule is C=CC(C)(C)C(O)c1ccccc1. The van der Waals surface area contributed by atoms with Crippen LogP contribution in [0.3, 0.4) is 0 Å². The lowest BCUT2D eigenvalue weighted by Gasteiger charge is -2.27. The van der Waals surface area contributed by atoms with Gasteiger partial charge in [-0.15, -0.1) is 6.58 Å². The van der Waals surface area contributed by atoms with E-state index in [9.17, 15) is 5.11 Å². The molecule has 1 aromatic carbocycles. The summed E-state index contributed by atoms with van der Waals surface area (Å²) < 4.78 is 0. The first-order valence-corrected chi connectivity index (χ1v) is 4.44. The Morgan fingerprint density at radius 2 is 1.85 bits per heavy atom. The van der Waals surface area contributed by atoms with Gasteiger partial charge in [-0.1, -0.05) is 50.3 Å². The summed E-state index contributed by atoms with van der Waals surface area (Å²) in [6.45, 7) is 7.66. The Labute approximate surface area is 79.7 Å². The van der Waals surface area contributed by atoms with Gasteiger partial charge in [-0.2, -0.15) is 0 Å². The van der Waals surface area contributed by atoms with E-state index in [1.165, 1.54) is 0 Å². The van der Waals surface area contributed by atoms with Crippen LogP contribution >= 0.6 is 0 Å². The van der Waals surface area contributed by atoms with Crippen molar-refractivity contribution < 1.29 is 5.11 Å². The first-order chi connectivity index (χ1) is 6.08. The summed E-state index contributed by atoms with van der Waals surface area (Å²) in [7, 11) is 0. The lowest BCUT2D eigenvalue weighted by atomic mass is 9.83. The molecule has 0 spiro atoms. The quantitative estimate of drug-likeness (QED) is 0.702. The first-order valence-electron chi connectivity index (χ1n) is 4.44. The topological polar surface area (TPSA) is 20.2 Å². The Morgan fingerprint density at radius 3 is 2.31 bits per heavy atom. The zero-order chi connectivity index (χ0) is 9.90. The molecule has 1 nitrogen and oxygen atoms in total. The van der Waals surface area contributed by atoms with Gasteiger partial charge in [0, 0.05) is 5.41 Å². The fourth-order valence-electron chi connectivity index (χ4n) is 1.18. The van der Waals surface area contributed by atoms with Crippen molar-refractivity contribution in [2.75, 3.05) is 0 Å². The van der Waals surface area contributed by atoms with Gasteiger partial charge in [0.2, 0.25) is 0 Å². The maximum atomic E-state index is 9.98.